The van der Waals surface area contributed by atoms with Gasteiger partial charge in [-0.2, -0.15) is 48.9 Å². The molecule has 0 aromatic carbocycles. The first kappa shape index (κ1) is 15.8. The summed E-state index contributed by atoms with van der Waals surface area (Å²) >= 11 is 0. The molecule has 0 saturated heterocycles. The molecule has 1 heterocycles. The van der Waals surface area contributed by atoms with E-state index in [1.54, 1.807) is 4.98 Å². The summed E-state index contributed by atoms with van der Waals surface area (Å²) in [5, 5.41) is 0. The van der Waals surface area contributed by atoms with E-state index in [1.807, 2.05) is 0 Å². The fourth-order valence-electron chi connectivity index (χ4n) is 1.80. The Bertz CT molecular complexity index is 621. The highest BCUT2D eigenvalue weighted by atomic mass is 19.4. The summed E-state index contributed by atoms with van der Waals surface area (Å²) in [5.41, 5.74) is -6.30. The molecular formula is C9F11N. The maximum atomic E-state index is 13.3. The Morgan fingerprint density at radius 1 is 0.571 bits per heavy atom. The summed E-state index contributed by atoms with van der Waals surface area (Å²) in [7, 11) is 0. The lowest BCUT2D eigenvalue weighted by molar-refractivity contribution is -0.388. The summed E-state index contributed by atoms with van der Waals surface area (Å²) in [6.45, 7) is 0. The zero-order chi connectivity index (χ0) is 16.6. The molecule has 0 amide bonds. The molecule has 0 spiro atoms. The van der Waals surface area contributed by atoms with Gasteiger partial charge in [-0.15, -0.1) is 0 Å². The van der Waals surface area contributed by atoms with Crippen LogP contribution < -0.4 is 0 Å². The molecule has 0 unspecified atom stereocenters. The number of fused-ring (bicyclic) bond motifs is 1. The van der Waals surface area contributed by atoms with Crippen LogP contribution in [0.25, 0.3) is 0 Å². The third kappa shape index (κ3) is 1.50. The monoisotopic (exact) mass is 331 g/mol. The van der Waals surface area contributed by atoms with Crippen molar-refractivity contribution in [1.82, 2.24) is 4.98 Å². The Labute approximate surface area is 107 Å². The van der Waals surface area contributed by atoms with Crippen LogP contribution in [-0.2, 0) is 11.8 Å². The number of hydrogen-bond acceptors (Lipinski definition) is 1. The van der Waals surface area contributed by atoms with Crippen LogP contribution >= 0.6 is 0 Å². The minimum Gasteiger partial charge on any atom is -0.201 e. The fraction of sp³-hybridized carbons (Fsp3) is 0.444. The first-order chi connectivity index (χ1) is 9.21. The van der Waals surface area contributed by atoms with Gasteiger partial charge in [0.1, 0.15) is 0 Å². The van der Waals surface area contributed by atoms with E-state index in [0.717, 1.165) is 0 Å². The van der Waals surface area contributed by atoms with Crippen LogP contribution in [0, 0.1) is 17.7 Å². The zero-order valence-corrected chi connectivity index (χ0v) is 9.10. The maximum Gasteiger partial charge on any atom is 0.383 e. The van der Waals surface area contributed by atoms with Crippen molar-refractivity contribution in [2.45, 2.75) is 23.7 Å². The van der Waals surface area contributed by atoms with Gasteiger partial charge in [-0.25, -0.2) is 4.39 Å². The molecule has 0 N–H and O–H groups in total. The second-order valence-corrected chi connectivity index (χ2v) is 4.05. The Hall–Kier alpha value is -1.62. The Kier molecular flexibility index (Phi) is 2.83. The molecule has 0 radical (unpaired) electrons. The Morgan fingerprint density at radius 3 is 1.38 bits per heavy atom. The Balaban J connectivity index is 3.05. The first-order valence-electron chi connectivity index (χ1n) is 4.78. The standard InChI is InChI=1S/C9F11N/c10-3-1-2(4(11)21-5(3)12)7(15,16)9(19,20)8(17,18)6(1,13)14. The number of aromatic nitrogens is 1. The lowest BCUT2D eigenvalue weighted by Gasteiger charge is -2.42. The second kappa shape index (κ2) is 3.77. The van der Waals surface area contributed by atoms with Gasteiger partial charge in [0.05, 0.1) is 11.1 Å². The van der Waals surface area contributed by atoms with Gasteiger partial charge in [0.2, 0.25) is 5.95 Å². The molecule has 1 nitrogen and oxygen atoms in total. The quantitative estimate of drug-likeness (QED) is 0.518. The average molecular weight is 331 g/mol. The van der Waals surface area contributed by atoms with Crippen molar-refractivity contribution in [3.05, 3.63) is 28.8 Å². The molecule has 1 aromatic rings. The molecule has 21 heavy (non-hydrogen) atoms. The highest BCUT2D eigenvalue weighted by Crippen LogP contribution is 2.65. The van der Waals surface area contributed by atoms with Gasteiger partial charge in [-0.3, -0.25) is 0 Å². The minimum atomic E-state index is -6.79. The summed E-state index contributed by atoms with van der Waals surface area (Å²) in [6, 6.07) is 0. The molecule has 0 aliphatic heterocycles. The van der Waals surface area contributed by atoms with Crippen LogP contribution in [0.3, 0.4) is 0 Å². The lowest BCUT2D eigenvalue weighted by atomic mass is 9.80. The van der Waals surface area contributed by atoms with E-state index < -0.39 is 52.5 Å². The molecule has 1 aliphatic carbocycles. The molecule has 0 fully saturated rings. The summed E-state index contributed by atoms with van der Waals surface area (Å²) in [5.74, 6) is -34.8. The van der Waals surface area contributed by atoms with Crippen LogP contribution in [0.15, 0.2) is 0 Å². The van der Waals surface area contributed by atoms with Gasteiger partial charge in [0.25, 0.3) is 5.95 Å². The van der Waals surface area contributed by atoms with Crippen LogP contribution in [0.4, 0.5) is 48.3 Å². The maximum absolute atomic E-state index is 13.3. The molecule has 0 saturated carbocycles. The second-order valence-electron chi connectivity index (χ2n) is 4.05. The van der Waals surface area contributed by atoms with E-state index in [2.05, 4.69) is 0 Å². The van der Waals surface area contributed by atoms with Gasteiger partial charge in [0, 0.05) is 0 Å². The van der Waals surface area contributed by atoms with Crippen molar-refractivity contribution >= 4 is 0 Å². The topological polar surface area (TPSA) is 12.9 Å². The molecule has 1 aromatic heterocycles. The fourth-order valence-corrected chi connectivity index (χ4v) is 1.80. The van der Waals surface area contributed by atoms with E-state index in [1.165, 1.54) is 0 Å². The average Bonchev–Trinajstić information content (AvgIpc) is 2.30. The van der Waals surface area contributed by atoms with Crippen molar-refractivity contribution in [3.63, 3.8) is 0 Å². The Morgan fingerprint density at radius 2 is 0.952 bits per heavy atom. The highest BCUT2D eigenvalue weighted by Gasteiger charge is 2.86. The molecule has 12 heteroatoms. The number of pyridine rings is 1. The smallest absolute Gasteiger partial charge is 0.201 e. The lowest BCUT2D eigenvalue weighted by Crippen LogP contribution is -2.64. The van der Waals surface area contributed by atoms with Gasteiger partial charge in [-0.1, -0.05) is 0 Å². The summed E-state index contributed by atoms with van der Waals surface area (Å²) < 4.78 is 144. The van der Waals surface area contributed by atoms with Gasteiger partial charge >= 0.3 is 23.7 Å². The van der Waals surface area contributed by atoms with Crippen LogP contribution in [0.5, 0.6) is 0 Å². The van der Waals surface area contributed by atoms with Gasteiger partial charge in [0.15, 0.2) is 5.82 Å². The van der Waals surface area contributed by atoms with E-state index in [0.29, 0.717) is 0 Å². The number of alkyl halides is 8. The van der Waals surface area contributed by atoms with Crippen molar-refractivity contribution in [3.8, 4) is 0 Å². The number of halogens is 11. The molecule has 0 bridgehead atoms. The van der Waals surface area contributed by atoms with Gasteiger partial charge in [-0.05, 0) is 0 Å². The van der Waals surface area contributed by atoms with E-state index >= 15 is 0 Å². The third-order valence-electron chi connectivity index (χ3n) is 2.86. The predicted octanol–water partition coefficient (Wildman–Crippen LogP) is 3.97. The van der Waals surface area contributed by atoms with E-state index in [-0.39, 0.29) is 0 Å². The zero-order valence-electron chi connectivity index (χ0n) is 9.10. The van der Waals surface area contributed by atoms with Crippen molar-refractivity contribution in [2.24, 2.45) is 0 Å². The highest BCUT2D eigenvalue weighted by molar-refractivity contribution is 5.42. The van der Waals surface area contributed by atoms with Crippen molar-refractivity contribution in [2.75, 3.05) is 0 Å². The largest absolute Gasteiger partial charge is 0.383 e. The number of nitrogens with zero attached hydrogens (tertiary/aromatic N) is 1. The molecule has 1 aliphatic rings. The number of rotatable bonds is 0. The van der Waals surface area contributed by atoms with Crippen LogP contribution in [0.2, 0.25) is 0 Å². The van der Waals surface area contributed by atoms with Crippen LogP contribution in [0.1, 0.15) is 11.1 Å². The predicted molar refractivity (Wildman–Crippen MR) is 41.8 cm³/mol. The van der Waals surface area contributed by atoms with E-state index in [4.69, 9.17) is 0 Å². The summed E-state index contributed by atoms with van der Waals surface area (Å²) in [6.07, 6.45) is 0. The van der Waals surface area contributed by atoms with Crippen LogP contribution in [-0.4, -0.2) is 16.8 Å². The van der Waals surface area contributed by atoms with E-state index in [9.17, 15) is 48.3 Å². The number of hydrogen-bond donors (Lipinski definition) is 0. The third-order valence-corrected chi connectivity index (χ3v) is 2.86. The summed E-state index contributed by atoms with van der Waals surface area (Å²) in [4.78, 5) is 1.76. The minimum absolute atomic E-state index is 1.76. The van der Waals surface area contributed by atoms with Crippen molar-refractivity contribution in [1.29, 1.82) is 0 Å². The van der Waals surface area contributed by atoms with Crippen molar-refractivity contribution < 1.29 is 48.3 Å². The molecule has 0 atom stereocenters. The first-order valence-corrected chi connectivity index (χ1v) is 4.78. The molecule has 2 rings (SSSR count). The molecular weight excluding hydrogens is 331 g/mol. The normalized spacial score (nSPS) is 24.5. The van der Waals surface area contributed by atoms with Gasteiger partial charge < -0.3 is 0 Å². The SMILES string of the molecule is Fc1nc(F)c2c(c1F)C(F)(F)C(F)(F)C(F)(F)C2(F)F. The molecule has 118 valence electrons.